The van der Waals surface area contributed by atoms with Gasteiger partial charge in [0.25, 0.3) is 0 Å². The largest absolute Gasteiger partial charge is 0.346 e. The zero-order chi connectivity index (χ0) is 18.0. The minimum Gasteiger partial charge on any atom is -0.346 e. The third kappa shape index (κ3) is 3.66. The van der Waals surface area contributed by atoms with Crippen LogP contribution in [0.3, 0.4) is 0 Å². The van der Waals surface area contributed by atoms with E-state index in [1.165, 1.54) is 11.8 Å². The Morgan fingerprint density at radius 2 is 2.00 bits per heavy atom. The quantitative estimate of drug-likeness (QED) is 0.537. The van der Waals surface area contributed by atoms with Gasteiger partial charge in [-0.2, -0.15) is 0 Å². The summed E-state index contributed by atoms with van der Waals surface area (Å²) in [6.07, 6.45) is 3.41. The molecule has 0 bridgehead atoms. The molecule has 0 fully saturated rings. The number of nitrogens with zero attached hydrogens (tertiary/aromatic N) is 4. The maximum Gasteiger partial charge on any atom is 0.209 e. The number of hydrogen-bond donors (Lipinski definition) is 1. The molecule has 6 nitrogen and oxygen atoms in total. The molecule has 0 saturated heterocycles. The molecule has 0 amide bonds. The van der Waals surface area contributed by atoms with Crippen LogP contribution in [0.2, 0.25) is 0 Å². The van der Waals surface area contributed by atoms with Crippen molar-refractivity contribution in [1.29, 1.82) is 0 Å². The Balaban J connectivity index is 1.69. The van der Waals surface area contributed by atoms with Gasteiger partial charge in [0.15, 0.2) is 11.6 Å². The highest BCUT2D eigenvalue weighted by molar-refractivity contribution is 7.99. The summed E-state index contributed by atoms with van der Waals surface area (Å²) in [5.41, 5.74) is 3.83. The fourth-order valence-corrected chi connectivity index (χ4v) is 3.69. The third-order valence-corrected chi connectivity index (χ3v) is 4.90. The number of rotatable bonds is 6. The van der Waals surface area contributed by atoms with Gasteiger partial charge in [-0.1, -0.05) is 11.8 Å². The number of H-pyrrole nitrogens is 1. The van der Waals surface area contributed by atoms with Crippen LogP contribution < -0.4 is 0 Å². The topological polar surface area (TPSA) is 76.5 Å². The average molecular weight is 355 g/mol. The van der Waals surface area contributed by atoms with Gasteiger partial charge in [0.1, 0.15) is 0 Å². The van der Waals surface area contributed by atoms with E-state index in [2.05, 4.69) is 38.6 Å². The molecule has 0 atom stereocenters. The Bertz CT molecular complexity index is 882. The van der Waals surface area contributed by atoms with Crippen molar-refractivity contribution in [2.75, 3.05) is 5.75 Å². The first-order valence-corrected chi connectivity index (χ1v) is 9.13. The van der Waals surface area contributed by atoms with Crippen molar-refractivity contribution in [2.45, 2.75) is 38.9 Å². The van der Waals surface area contributed by atoms with Gasteiger partial charge in [-0.25, -0.2) is 4.98 Å². The van der Waals surface area contributed by atoms with Crippen molar-refractivity contribution in [1.82, 2.24) is 24.7 Å². The summed E-state index contributed by atoms with van der Waals surface area (Å²) in [7, 11) is 0. The first kappa shape index (κ1) is 17.4. The van der Waals surface area contributed by atoms with E-state index in [-0.39, 0.29) is 5.78 Å². The number of hydrogen-bond acceptors (Lipinski definition) is 5. The predicted octanol–water partition coefficient (Wildman–Crippen LogP) is 3.84. The lowest BCUT2D eigenvalue weighted by Crippen LogP contribution is -2.08. The van der Waals surface area contributed by atoms with Crippen LogP contribution in [-0.4, -0.2) is 36.3 Å². The van der Waals surface area contributed by atoms with Gasteiger partial charge in [0, 0.05) is 41.0 Å². The number of aromatic nitrogens is 5. The van der Waals surface area contributed by atoms with E-state index in [9.17, 15) is 4.79 Å². The predicted molar refractivity (Wildman–Crippen MR) is 99.0 cm³/mol. The Labute approximate surface area is 151 Å². The summed E-state index contributed by atoms with van der Waals surface area (Å²) in [6.45, 7) is 8.28. The van der Waals surface area contributed by atoms with Gasteiger partial charge in [-0.3, -0.25) is 14.9 Å². The van der Waals surface area contributed by atoms with Crippen molar-refractivity contribution in [3.63, 3.8) is 0 Å². The first-order valence-electron chi connectivity index (χ1n) is 8.14. The van der Waals surface area contributed by atoms with E-state index in [0.717, 1.165) is 22.5 Å². The normalized spacial score (nSPS) is 11.2. The maximum atomic E-state index is 12.6. The maximum absolute atomic E-state index is 12.6. The molecular formula is C18H21N5OS. The van der Waals surface area contributed by atoms with Crippen LogP contribution in [-0.2, 0) is 0 Å². The van der Waals surface area contributed by atoms with Gasteiger partial charge in [-0.05, 0) is 45.9 Å². The molecule has 25 heavy (non-hydrogen) atoms. The lowest BCUT2D eigenvalue weighted by molar-refractivity contribution is 0.102. The fraction of sp³-hybridized carbons (Fsp3) is 0.333. The van der Waals surface area contributed by atoms with Crippen LogP contribution >= 0.6 is 11.8 Å². The van der Waals surface area contributed by atoms with Gasteiger partial charge in [0.05, 0.1) is 5.75 Å². The molecule has 3 heterocycles. The van der Waals surface area contributed by atoms with Crippen LogP contribution in [0.5, 0.6) is 0 Å². The average Bonchev–Trinajstić information content (AvgIpc) is 3.18. The number of thioether (sulfide) groups is 1. The second-order valence-electron chi connectivity index (χ2n) is 6.16. The van der Waals surface area contributed by atoms with Crippen molar-refractivity contribution in [2.24, 2.45) is 0 Å². The zero-order valence-corrected chi connectivity index (χ0v) is 15.6. The van der Waals surface area contributed by atoms with Crippen molar-refractivity contribution >= 4 is 17.5 Å². The molecule has 0 aliphatic rings. The van der Waals surface area contributed by atoms with Gasteiger partial charge in [-0.15, -0.1) is 5.10 Å². The molecule has 0 radical (unpaired) electrons. The summed E-state index contributed by atoms with van der Waals surface area (Å²) in [5, 5.41) is 7.65. The molecule has 3 rings (SSSR count). The summed E-state index contributed by atoms with van der Waals surface area (Å²) in [6, 6.07) is 6.03. The number of nitrogens with one attached hydrogen (secondary N) is 1. The first-order chi connectivity index (χ1) is 12.0. The minimum atomic E-state index is 0.0975. The number of Topliss-reactive ketones (excluding diaryl/α,β-unsaturated/α-hetero) is 1. The van der Waals surface area contributed by atoms with Crippen LogP contribution in [0, 0.1) is 13.8 Å². The van der Waals surface area contributed by atoms with E-state index in [0.29, 0.717) is 22.8 Å². The van der Waals surface area contributed by atoms with Crippen LogP contribution in [0.15, 0.2) is 35.7 Å². The number of carbonyl (C=O) groups is 1. The van der Waals surface area contributed by atoms with E-state index in [1.54, 1.807) is 12.4 Å². The van der Waals surface area contributed by atoms with Gasteiger partial charge < -0.3 is 4.57 Å². The summed E-state index contributed by atoms with van der Waals surface area (Å²) in [4.78, 5) is 21.0. The Kier molecular flexibility index (Phi) is 5.03. The number of pyridine rings is 1. The fourth-order valence-electron chi connectivity index (χ4n) is 3.01. The molecular weight excluding hydrogens is 334 g/mol. The molecule has 7 heteroatoms. The molecule has 3 aromatic rings. The van der Waals surface area contributed by atoms with Crippen molar-refractivity contribution in [3.05, 3.63) is 47.5 Å². The highest BCUT2D eigenvalue weighted by atomic mass is 32.2. The standard InChI is InChI=1S/C18H21N5OS/c1-11(2)23-12(3)9-15(13(23)4)16(24)10-25-18-20-17(21-22-18)14-5-7-19-8-6-14/h5-9,11H,10H2,1-4H3,(H,20,21,22). The van der Waals surface area contributed by atoms with E-state index >= 15 is 0 Å². The molecule has 130 valence electrons. The molecule has 0 aromatic carbocycles. The van der Waals surface area contributed by atoms with Crippen LogP contribution in [0.1, 0.15) is 41.6 Å². The number of carbonyl (C=O) groups excluding carboxylic acids is 1. The van der Waals surface area contributed by atoms with E-state index < -0.39 is 0 Å². The summed E-state index contributed by atoms with van der Waals surface area (Å²) in [5.74, 6) is 1.09. The summed E-state index contributed by atoms with van der Waals surface area (Å²) >= 11 is 1.34. The van der Waals surface area contributed by atoms with E-state index in [4.69, 9.17) is 0 Å². The Morgan fingerprint density at radius 3 is 2.64 bits per heavy atom. The zero-order valence-electron chi connectivity index (χ0n) is 14.8. The molecule has 1 N–H and O–H groups in total. The Hall–Kier alpha value is -2.41. The highest BCUT2D eigenvalue weighted by Gasteiger charge is 2.18. The number of aryl methyl sites for hydroxylation is 1. The van der Waals surface area contributed by atoms with Crippen molar-refractivity contribution < 1.29 is 4.79 Å². The number of aromatic amines is 1. The Morgan fingerprint density at radius 1 is 1.28 bits per heavy atom. The monoisotopic (exact) mass is 355 g/mol. The highest BCUT2D eigenvalue weighted by Crippen LogP contribution is 2.23. The summed E-state index contributed by atoms with van der Waals surface area (Å²) < 4.78 is 2.19. The van der Waals surface area contributed by atoms with Crippen molar-refractivity contribution in [3.8, 4) is 11.4 Å². The minimum absolute atomic E-state index is 0.0975. The SMILES string of the molecule is Cc1cc(C(=O)CSc2n[nH]c(-c3ccncc3)n2)c(C)n1C(C)C. The molecule has 3 aromatic heterocycles. The van der Waals surface area contributed by atoms with E-state index in [1.807, 2.05) is 32.0 Å². The second kappa shape index (κ2) is 7.23. The molecule has 0 aliphatic heterocycles. The smallest absolute Gasteiger partial charge is 0.209 e. The molecule has 0 saturated carbocycles. The third-order valence-electron chi connectivity index (χ3n) is 4.05. The van der Waals surface area contributed by atoms with Crippen LogP contribution in [0.25, 0.3) is 11.4 Å². The second-order valence-corrected chi connectivity index (χ2v) is 7.11. The lowest BCUT2D eigenvalue weighted by Gasteiger charge is -2.13. The molecule has 0 spiro atoms. The van der Waals surface area contributed by atoms with Gasteiger partial charge in [0.2, 0.25) is 5.16 Å². The molecule has 0 unspecified atom stereocenters. The lowest BCUT2D eigenvalue weighted by atomic mass is 10.2. The molecule has 0 aliphatic carbocycles. The van der Waals surface area contributed by atoms with Gasteiger partial charge >= 0.3 is 0 Å². The van der Waals surface area contributed by atoms with Crippen LogP contribution in [0.4, 0.5) is 0 Å². The number of ketones is 1.